The van der Waals surface area contributed by atoms with Crippen molar-refractivity contribution in [2.45, 2.75) is 88.1 Å². The van der Waals surface area contributed by atoms with Crippen LogP contribution in [0.25, 0.3) is 0 Å². The molecule has 0 saturated carbocycles. The maximum Gasteiger partial charge on any atom is 0.261 e. The summed E-state index contributed by atoms with van der Waals surface area (Å²) >= 11 is 0. The Morgan fingerprint density at radius 3 is 2.07 bits per heavy atom. The second-order valence-electron chi connectivity index (χ2n) is 8.51. The third kappa shape index (κ3) is 7.73. The van der Waals surface area contributed by atoms with Crippen molar-refractivity contribution < 1.29 is 14.6 Å². The molecule has 1 fully saturated rings. The van der Waals surface area contributed by atoms with Gasteiger partial charge >= 0.3 is 0 Å². The van der Waals surface area contributed by atoms with Gasteiger partial charge in [0.15, 0.2) is 12.3 Å². The Kier molecular flexibility index (Phi) is 11.9. The van der Waals surface area contributed by atoms with E-state index < -0.39 is 6.10 Å². The molecule has 2 bridgehead atoms. The minimum atomic E-state index is -0.512. The van der Waals surface area contributed by atoms with Gasteiger partial charge in [-0.15, -0.1) is 0 Å². The molecule has 1 aromatic heterocycles. The highest BCUT2D eigenvalue weighted by atomic mass is 17.2. The summed E-state index contributed by atoms with van der Waals surface area (Å²) in [5.74, 6) is 1.27. The second-order valence-corrected chi connectivity index (χ2v) is 8.51. The van der Waals surface area contributed by atoms with Gasteiger partial charge in [0.2, 0.25) is 0 Å². The molecule has 2 atom stereocenters. The number of hydrogen-bond donors (Lipinski definition) is 0. The fraction of sp³-hybridized carbons (Fsp3) is 0.667. The number of aryl methyl sites for hydroxylation is 2. The summed E-state index contributed by atoms with van der Waals surface area (Å²) in [5, 5.41) is 0. The molecule has 3 aliphatic rings. The quantitative estimate of drug-likeness (QED) is 0.481. The van der Waals surface area contributed by atoms with E-state index in [1.807, 2.05) is 32.2 Å². The third-order valence-electron chi connectivity index (χ3n) is 4.93. The van der Waals surface area contributed by atoms with E-state index in [1.165, 1.54) is 0 Å². The number of fused-ring (bicyclic) bond motifs is 2. The molecule has 6 heteroatoms. The van der Waals surface area contributed by atoms with Crippen molar-refractivity contribution in [3.8, 4) is 0 Å². The highest BCUT2D eigenvalue weighted by molar-refractivity contribution is 5.86. The zero-order valence-corrected chi connectivity index (χ0v) is 18.0. The average molecular weight is 423 g/mol. The Balaban J connectivity index is 0.000000531. The average Bonchev–Trinajstić information content (AvgIpc) is 2.61. The fourth-order valence-electron chi connectivity index (χ4n) is 3.01. The van der Waals surface area contributed by atoms with Gasteiger partial charge in [-0.25, -0.2) is 9.78 Å². The maximum atomic E-state index is 11.9. The van der Waals surface area contributed by atoms with Gasteiger partial charge in [0, 0.05) is 25.4 Å². The Labute approximate surface area is 182 Å². The van der Waals surface area contributed by atoms with Crippen LogP contribution in [0.5, 0.6) is 0 Å². The minimum Gasteiger partial charge on any atom is -0.316 e. The van der Waals surface area contributed by atoms with Crippen molar-refractivity contribution in [2.75, 3.05) is 6.54 Å². The SMILES string of the molecule is C.C.CC1=CC2OOC1C(=O)N2CCC(C)C.Cc1ccn(CCC(C)C)c(=O)c1. The molecule has 30 heavy (non-hydrogen) atoms. The summed E-state index contributed by atoms with van der Waals surface area (Å²) in [6.07, 6.45) is 5.05. The lowest BCUT2D eigenvalue weighted by atomic mass is 10.0. The third-order valence-corrected chi connectivity index (χ3v) is 4.93. The van der Waals surface area contributed by atoms with Gasteiger partial charge in [0.1, 0.15) is 0 Å². The molecule has 0 spiro atoms. The minimum absolute atomic E-state index is 0. The number of amides is 1. The van der Waals surface area contributed by atoms with Crippen molar-refractivity contribution in [1.29, 1.82) is 0 Å². The molecular formula is C24H42N2O4. The first kappa shape index (κ1) is 28.1. The molecule has 0 aromatic carbocycles. The Morgan fingerprint density at radius 2 is 1.57 bits per heavy atom. The predicted octanol–water partition coefficient (Wildman–Crippen LogP) is 4.95. The molecule has 3 aliphatic heterocycles. The zero-order chi connectivity index (χ0) is 20.8. The number of carbonyl (C=O) groups is 1. The summed E-state index contributed by atoms with van der Waals surface area (Å²) < 4.78 is 1.77. The van der Waals surface area contributed by atoms with Gasteiger partial charge in [0.05, 0.1) is 0 Å². The number of aromatic nitrogens is 1. The monoisotopic (exact) mass is 422 g/mol. The normalized spacial score (nSPS) is 19.7. The molecular weight excluding hydrogens is 380 g/mol. The van der Waals surface area contributed by atoms with Crippen LogP contribution in [0.3, 0.4) is 0 Å². The van der Waals surface area contributed by atoms with E-state index in [4.69, 9.17) is 9.78 Å². The van der Waals surface area contributed by atoms with Gasteiger partial charge in [-0.2, -0.15) is 0 Å². The van der Waals surface area contributed by atoms with E-state index in [1.54, 1.807) is 15.5 Å². The van der Waals surface area contributed by atoms with Crippen molar-refractivity contribution >= 4 is 5.91 Å². The number of carbonyl (C=O) groups excluding carboxylic acids is 1. The van der Waals surface area contributed by atoms with Crippen LogP contribution in [0, 0.1) is 18.8 Å². The summed E-state index contributed by atoms with van der Waals surface area (Å²) in [6.45, 7) is 14.0. The molecule has 0 radical (unpaired) electrons. The van der Waals surface area contributed by atoms with Crippen molar-refractivity contribution in [1.82, 2.24) is 9.47 Å². The maximum absolute atomic E-state index is 11.9. The fourth-order valence-corrected chi connectivity index (χ4v) is 3.01. The number of pyridine rings is 1. The van der Waals surface area contributed by atoms with E-state index >= 15 is 0 Å². The Bertz CT molecular complexity index is 752. The molecule has 1 amide bonds. The molecule has 1 aromatic rings. The van der Waals surface area contributed by atoms with E-state index in [0.29, 0.717) is 11.8 Å². The lowest BCUT2D eigenvalue weighted by Gasteiger charge is -2.41. The second kappa shape index (κ2) is 12.7. The van der Waals surface area contributed by atoms with Crippen LogP contribution in [-0.2, 0) is 21.1 Å². The summed E-state index contributed by atoms with van der Waals surface area (Å²) in [5.41, 5.74) is 2.10. The van der Waals surface area contributed by atoms with Crippen LogP contribution in [0.15, 0.2) is 34.8 Å². The number of nitrogens with zero attached hydrogens (tertiary/aromatic N) is 2. The van der Waals surface area contributed by atoms with Gasteiger partial charge in [-0.3, -0.25) is 9.59 Å². The molecule has 1 saturated heterocycles. The highest BCUT2D eigenvalue weighted by Gasteiger charge is 2.42. The van der Waals surface area contributed by atoms with Crippen LogP contribution in [-0.4, -0.2) is 34.3 Å². The van der Waals surface area contributed by atoms with E-state index in [0.717, 1.165) is 37.1 Å². The molecule has 6 nitrogen and oxygen atoms in total. The first-order valence-corrected chi connectivity index (χ1v) is 10.2. The number of rotatable bonds is 6. The summed E-state index contributed by atoms with van der Waals surface area (Å²) in [7, 11) is 0. The molecule has 0 aliphatic carbocycles. The summed E-state index contributed by atoms with van der Waals surface area (Å²) in [4.78, 5) is 35.1. The highest BCUT2D eigenvalue weighted by Crippen LogP contribution is 2.28. The first-order chi connectivity index (χ1) is 13.2. The van der Waals surface area contributed by atoms with Gasteiger partial charge in [-0.1, -0.05) is 42.5 Å². The van der Waals surface area contributed by atoms with Crippen LogP contribution in [0.2, 0.25) is 0 Å². The Hall–Kier alpha value is -1.92. The van der Waals surface area contributed by atoms with Crippen molar-refractivity contribution in [3.05, 3.63) is 45.9 Å². The lowest BCUT2D eigenvalue weighted by Crippen LogP contribution is -2.56. The standard InChI is InChI=1S/C11H17NO3.C11H17NO.2CH4/c1-7(2)4-5-12-9-6-8(3)10(11(12)13)15-14-9;1-9(2)4-6-12-7-5-10(3)8-11(12)13;;/h6-7,9-10H,4-5H2,1-3H3;5,7-9H,4,6H2,1-3H3;2*1H4. The van der Waals surface area contributed by atoms with Crippen LogP contribution < -0.4 is 5.56 Å². The summed E-state index contributed by atoms with van der Waals surface area (Å²) in [6, 6.07) is 3.65. The van der Waals surface area contributed by atoms with Gasteiger partial charge in [-0.05, 0) is 61.8 Å². The number of hydrogen-bond acceptors (Lipinski definition) is 4. The lowest BCUT2D eigenvalue weighted by molar-refractivity contribution is -0.377. The van der Waals surface area contributed by atoms with Crippen molar-refractivity contribution in [3.63, 3.8) is 0 Å². The topological polar surface area (TPSA) is 60.8 Å². The Morgan fingerprint density at radius 1 is 0.967 bits per heavy atom. The van der Waals surface area contributed by atoms with Gasteiger partial charge in [0.25, 0.3) is 11.5 Å². The first-order valence-electron chi connectivity index (χ1n) is 10.2. The predicted molar refractivity (Wildman–Crippen MR) is 123 cm³/mol. The molecule has 2 unspecified atom stereocenters. The molecule has 4 rings (SSSR count). The molecule has 4 heterocycles. The smallest absolute Gasteiger partial charge is 0.261 e. The van der Waals surface area contributed by atoms with Crippen LogP contribution >= 0.6 is 0 Å². The van der Waals surface area contributed by atoms with E-state index in [9.17, 15) is 9.59 Å². The van der Waals surface area contributed by atoms with Gasteiger partial charge < -0.3 is 9.47 Å². The van der Waals surface area contributed by atoms with Crippen LogP contribution in [0.4, 0.5) is 0 Å². The van der Waals surface area contributed by atoms with Crippen molar-refractivity contribution in [2.24, 2.45) is 11.8 Å². The molecule has 172 valence electrons. The van der Waals surface area contributed by atoms with E-state index in [2.05, 4.69) is 27.7 Å². The van der Waals surface area contributed by atoms with E-state index in [-0.39, 0.29) is 32.5 Å². The molecule has 0 N–H and O–H groups in total. The zero-order valence-electron chi connectivity index (χ0n) is 18.0. The largest absolute Gasteiger partial charge is 0.316 e. The van der Waals surface area contributed by atoms with Crippen LogP contribution in [0.1, 0.15) is 67.9 Å².